The van der Waals surface area contributed by atoms with Crippen LogP contribution in [0.4, 0.5) is 5.69 Å². The van der Waals surface area contributed by atoms with Crippen LogP contribution in [0, 0.1) is 6.92 Å². The van der Waals surface area contributed by atoms with Crippen LogP contribution < -0.4 is 19.1 Å². The van der Waals surface area contributed by atoms with Crippen LogP contribution in [0.5, 0.6) is 11.5 Å². The molecule has 0 bridgehead atoms. The molecule has 0 spiro atoms. The second-order valence-corrected chi connectivity index (χ2v) is 10.4. The second-order valence-electron chi connectivity index (χ2n) is 8.58. The van der Waals surface area contributed by atoms with Crippen molar-refractivity contribution in [1.82, 2.24) is 5.32 Å². The lowest BCUT2D eigenvalue weighted by Crippen LogP contribution is -2.42. The molecule has 0 aromatic heterocycles. The zero-order valence-corrected chi connectivity index (χ0v) is 21.0. The Morgan fingerprint density at radius 2 is 1.83 bits per heavy atom. The third kappa shape index (κ3) is 5.27. The summed E-state index contributed by atoms with van der Waals surface area (Å²) in [6.45, 7) is 1.42. The highest BCUT2D eigenvalue weighted by Gasteiger charge is 2.31. The first-order valence-electron chi connectivity index (χ1n) is 11.5. The number of ether oxygens (including phenoxy) is 2. The number of aryl methyl sites for hydroxylation is 2. The number of anilines is 1. The molecule has 184 valence electrons. The molecule has 1 amide bonds. The van der Waals surface area contributed by atoms with Crippen LogP contribution in [0.2, 0.25) is 0 Å². The lowest BCUT2D eigenvalue weighted by molar-refractivity contribution is -0.120. The topological polar surface area (TPSA) is 84.9 Å². The number of rotatable bonds is 8. The average Bonchev–Trinajstić information content (AvgIpc) is 2.87. The van der Waals surface area contributed by atoms with E-state index in [0.29, 0.717) is 11.4 Å². The van der Waals surface area contributed by atoms with Gasteiger partial charge in [-0.3, -0.25) is 9.10 Å². The highest BCUT2D eigenvalue weighted by molar-refractivity contribution is 7.93. The monoisotopic (exact) mass is 494 g/mol. The quantitative estimate of drug-likeness (QED) is 0.502. The maximum atomic E-state index is 13.9. The number of amides is 1. The minimum absolute atomic E-state index is 0.00127. The molecular formula is C27H30N2O5S. The standard InChI is InChI=1S/C27H30N2O5S/c1-19-14-15-25(34-3)26(16-19)35(31,32)29(21-10-7-11-22(17-21)33-2)18-27(30)28-24-13-6-9-20-8-4-5-12-23(20)24/h4-5,7-8,10-12,14-17,24H,6,9,13,18H2,1-3H3,(H,28,30)/t24-/m0/s1. The summed E-state index contributed by atoms with van der Waals surface area (Å²) in [7, 11) is -1.22. The van der Waals surface area contributed by atoms with Gasteiger partial charge >= 0.3 is 0 Å². The molecule has 8 heteroatoms. The fraction of sp³-hybridized carbons (Fsp3) is 0.296. The zero-order valence-electron chi connectivity index (χ0n) is 20.2. The van der Waals surface area contributed by atoms with Crippen LogP contribution in [0.1, 0.15) is 35.6 Å². The van der Waals surface area contributed by atoms with E-state index in [9.17, 15) is 13.2 Å². The molecule has 0 saturated carbocycles. The largest absolute Gasteiger partial charge is 0.497 e. The summed E-state index contributed by atoms with van der Waals surface area (Å²) >= 11 is 0. The van der Waals surface area contributed by atoms with E-state index < -0.39 is 10.0 Å². The molecule has 0 heterocycles. The number of hydrogen-bond acceptors (Lipinski definition) is 5. The van der Waals surface area contributed by atoms with Gasteiger partial charge in [0, 0.05) is 6.07 Å². The van der Waals surface area contributed by atoms with E-state index in [1.165, 1.54) is 19.8 Å². The molecule has 1 aliphatic carbocycles. The third-order valence-corrected chi connectivity index (χ3v) is 8.02. The Balaban J connectivity index is 1.69. The van der Waals surface area contributed by atoms with Crippen molar-refractivity contribution in [3.05, 3.63) is 83.4 Å². The molecular weight excluding hydrogens is 464 g/mol. The lowest BCUT2D eigenvalue weighted by atomic mass is 9.88. The maximum Gasteiger partial charge on any atom is 0.268 e. The molecule has 0 saturated heterocycles. The predicted molar refractivity (Wildman–Crippen MR) is 136 cm³/mol. The third-order valence-electron chi connectivity index (χ3n) is 6.22. The SMILES string of the molecule is COc1cccc(N(CC(=O)N[C@H]2CCCc3ccccc32)S(=O)(=O)c2cc(C)ccc2OC)c1. The van der Waals surface area contributed by atoms with Crippen molar-refractivity contribution in [3.63, 3.8) is 0 Å². The van der Waals surface area contributed by atoms with Gasteiger partial charge in [0.1, 0.15) is 22.9 Å². The number of benzene rings is 3. The lowest BCUT2D eigenvalue weighted by Gasteiger charge is -2.29. The van der Waals surface area contributed by atoms with E-state index in [2.05, 4.69) is 11.4 Å². The van der Waals surface area contributed by atoms with Crippen molar-refractivity contribution in [1.29, 1.82) is 0 Å². The molecule has 7 nitrogen and oxygen atoms in total. The van der Waals surface area contributed by atoms with Gasteiger partial charge in [0.15, 0.2) is 0 Å². The fourth-order valence-corrected chi connectivity index (χ4v) is 6.12. The summed E-state index contributed by atoms with van der Waals surface area (Å²) in [5.41, 5.74) is 3.39. The van der Waals surface area contributed by atoms with Crippen LogP contribution in [0.15, 0.2) is 71.6 Å². The number of carbonyl (C=O) groups is 1. The van der Waals surface area contributed by atoms with Crippen molar-refractivity contribution in [2.24, 2.45) is 0 Å². The molecule has 35 heavy (non-hydrogen) atoms. The van der Waals surface area contributed by atoms with Crippen molar-refractivity contribution in [2.75, 3.05) is 25.1 Å². The minimum Gasteiger partial charge on any atom is -0.497 e. The number of hydrogen-bond donors (Lipinski definition) is 1. The van der Waals surface area contributed by atoms with Crippen molar-refractivity contribution < 1.29 is 22.7 Å². The van der Waals surface area contributed by atoms with Crippen LogP contribution in [0.3, 0.4) is 0 Å². The summed E-state index contributed by atoms with van der Waals surface area (Å²) in [6, 6.07) is 19.5. The smallest absolute Gasteiger partial charge is 0.268 e. The van der Waals surface area contributed by atoms with E-state index in [4.69, 9.17) is 9.47 Å². The maximum absolute atomic E-state index is 13.9. The van der Waals surface area contributed by atoms with E-state index in [-0.39, 0.29) is 29.1 Å². The van der Waals surface area contributed by atoms with Gasteiger partial charge in [-0.1, -0.05) is 36.4 Å². The predicted octanol–water partition coefficient (Wildman–Crippen LogP) is 4.40. The van der Waals surface area contributed by atoms with E-state index in [1.807, 2.05) is 25.1 Å². The Morgan fingerprint density at radius 3 is 2.60 bits per heavy atom. The number of methoxy groups -OCH3 is 2. The minimum atomic E-state index is -4.15. The summed E-state index contributed by atoms with van der Waals surface area (Å²) in [5, 5.41) is 3.06. The highest BCUT2D eigenvalue weighted by atomic mass is 32.2. The number of fused-ring (bicyclic) bond motifs is 1. The molecule has 1 aliphatic rings. The summed E-state index contributed by atoms with van der Waals surface area (Å²) in [5.74, 6) is 0.315. The van der Waals surface area contributed by atoms with Crippen molar-refractivity contribution >= 4 is 21.6 Å². The van der Waals surface area contributed by atoms with Gasteiger partial charge in [-0.25, -0.2) is 8.42 Å². The van der Waals surface area contributed by atoms with Gasteiger partial charge in [-0.15, -0.1) is 0 Å². The van der Waals surface area contributed by atoms with Crippen LogP contribution in [-0.2, 0) is 21.2 Å². The van der Waals surface area contributed by atoms with Crippen molar-refractivity contribution in [2.45, 2.75) is 37.1 Å². The Hall–Kier alpha value is -3.52. The fourth-order valence-electron chi connectivity index (χ4n) is 4.46. The summed E-state index contributed by atoms with van der Waals surface area (Å²) in [4.78, 5) is 13.3. The number of carbonyl (C=O) groups excluding carboxylic acids is 1. The Bertz CT molecular complexity index is 1320. The Kier molecular flexibility index (Phi) is 7.31. The van der Waals surface area contributed by atoms with Gasteiger partial charge in [-0.2, -0.15) is 0 Å². The molecule has 0 aliphatic heterocycles. The van der Waals surface area contributed by atoms with Gasteiger partial charge in [0.2, 0.25) is 5.91 Å². The number of nitrogens with zero attached hydrogens (tertiary/aromatic N) is 1. The number of nitrogens with one attached hydrogen (secondary N) is 1. The molecule has 1 N–H and O–H groups in total. The molecule has 0 radical (unpaired) electrons. The highest BCUT2D eigenvalue weighted by Crippen LogP contribution is 2.33. The second kappa shape index (κ2) is 10.4. The zero-order chi connectivity index (χ0) is 25.0. The first-order chi connectivity index (χ1) is 16.8. The Labute approximate surface area is 206 Å². The van der Waals surface area contributed by atoms with E-state index >= 15 is 0 Å². The van der Waals surface area contributed by atoms with Gasteiger partial charge < -0.3 is 14.8 Å². The molecule has 1 atom stereocenters. The molecule has 3 aromatic rings. The van der Waals surface area contributed by atoms with Crippen molar-refractivity contribution in [3.8, 4) is 11.5 Å². The van der Waals surface area contributed by atoms with E-state index in [1.54, 1.807) is 42.5 Å². The normalized spacial score (nSPS) is 15.1. The molecule has 4 rings (SSSR count). The van der Waals surface area contributed by atoms with Crippen LogP contribution >= 0.6 is 0 Å². The summed E-state index contributed by atoms with van der Waals surface area (Å²) in [6.07, 6.45) is 2.74. The first kappa shape index (κ1) is 24.6. The van der Waals surface area contributed by atoms with Crippen LogP contribution in [-0.4, -0.2) is 35.1 Å². The van der Waals surface area contributed by atoms with Crippen LogP contribution in [0.25, 0.3) is 0 Å². The van der Waals surface area contributed by atoms with Gasteiger partial charge in [-0.05, 0) is 67.1 Å². The molecule has 0 unspecified atom stereocenters. The number of sulfonamides is 1. The van der Waals surface area contributed by atoms with Gasteiger partial charge in [0.05, 0.1) is 25.9 Å². The van der Waals surface area contributed by atoms with E-state index in [0.717, 1.165) is 34.7 Å². The molecule has 3 aromatic carbocycles. The Morgan fingerprint density at radius 1 is 1.03 bits per heavy atom. The average molecular weight is 495 g/mol. The van der Waals surface area contributed by atoms with Gasteiger partial charge in [0.25, 0.3) is 10.0 Å². The first-order valence-corrected chi connectivity index (χ1v) is 13.0. The summed E-state index contributed by atoms with van der Waals surface area (Å²) < 4.78 is 39.6. The molecule has 0 fully saturated rings.